The van der Waals surface area contributed by atoms with Crippen LogP contribution in [0, 0.1) is 10.7 Å². The molecule has 0 aromatic heterocycles. The molecule has 0 aliphatic carbocycles. The highest BCUT2D eigenvalue weighted by atomic mass is 32.2. The van der Waals surface area contributed by atoms with Crippen LogP contribution in [0.2, 0.25) is 0 Å². The standard InChI is InChI=1S/C20H12O5.CFNS/c21-11-5-7-15-17(9-11)24-18-10-12(22)6-8-16(18)20(15)14-4-2-1-3-13(14)19(23)25-20;2-4-1-3/h1-10,21-22H;. The Kier molecular flexibility index (Phi) is 4.53. The molecule has 29 heavy (non-hydrogen) atoms. The largest absolute Gasteiger partial charge is 0.508 e. The van der Waals surface area contributed by atoms with Crippen molar-refractivity contribution >= 4 is 18.1 Å². The summed E-state index contributed by atoms with van der Waals surface area (Å²) in [4.78, 5) is 12.5. The summed E-state index contributed by atoms with van der Waals surface area (Å²) in [7, 11) is 0. The highest BCUT2D eigenvalue weighted by Crippen LogP contribution is 2.56. The zero-order chi connectivity index (χ0) is 20.6. The van der Waals surface area contributed by atoms with Gasteiger partial charge in [0.1, 0.15) is 23.0 Å². The van der Waals surface area contributed by atoms with Crippen LogP contribution in [-0.4, -0.2) is 16.2 Å². The Bertz CT molecular complexity index is 1120. The second-order valence-electron chi connectivity index (χ2n) is 6.25. The van der Waals surface area contributed by atoms with Crippen molar-refractivity contribution in [3.05, 3.63) is 82.9 Å². The number of hydrogen-bond acceptors (Lipinski definition) is 7. The molecule has 5 rings (SSSR count). The van der Waals surface area contributed by atoms with Crippen LogP contribution >= 0.6 is 12.1 Å². The van der Waals surface area contributed by atoms with Crippen LogP contribution in [-0.2, 0) is 10.3 Å². The molecule has 6 nitrogen and oxygen atoms in total. The third-order valence-electron chi connectivity index (χ3n) is 4.72. The lowest BCUT2D eigenvalue weighted by Gasteiger charge is -2.36. The molecule has 2 aliphatic rings. The second kappa shape index (κ2) is 7.04. The Morgan fingerprint density at radius 3 is 2.03 bits per heavy atom. The predicted molar refractivity (Wildman–Crippen MR) is 102 cm³/mol. The Balaban J connectivity index is 0.000000472. The number of fused-ring (bicyclic) bond motifs is 6. The fraction of sp³-hybridized carbons (Fsp3) is 0.0476. The van der Waals surface area contributed by atoms with Crippen molar-refractivity contribution in [2.75, 3.05) is 0 Å². The lowest BCUT2D eigenvalue weighted by atomic mass is 9.77. The first-order valence-electron chi connectivity index (χ1n) is 8.35. The molecule has 2 aliphatic heterocycles. The van der Waals surface area contributed by atoms with Crippen LogP contribution in [0.1, 0.15) is 27.0 Å². The molecule has 0 bridgehead atoms. The number of nitriles is 1. The minimum atomic E-state index is -1.17. The van der Waals surface area contributed by atoms with Gasteiger partial charge in [-0.3, -0.25) is 0 Å². The number of thiocyanates is 1. The van der Waals surface area contributed by atoms with Gasteiger partial charge in [-0.25, -0.2) is 4.79 Å². The van der Waals surface area contributed by atoms with Gasteiger partial charge in [-0.2, -0.15) is 5.26 Å². The normalized spacial score (nSPS) is 14.3. The number of carbonyl (C=O) groups excluding carboxylic acids is 1. The lowest BCUT2D eigenvalue weighted by Crippen LogP contribution is -2.32. The van der Waals surface area contributed by atoms with Gasteiger partial charge in [0.25, 0.3) is 0 Å². The first-order chi connectivity index (χ1) is 14.0. The van der Waals surface area contributed by atoms with Gasteiger partial charge in [0.2, 0.25) is 0 Å². The van der Waals surface area contributed by atoms with E-state index < -0.39 is 11.6 Å². The Labute approximate surface area is 169 Å². The topological polar surface area (TPSA) is 99.8 Å². The number of phenols is 2. The molecule has 0 saturated heterocycles. The quantitative estimate of drug-likeness (QED) is 0.408. The molecule has 144 valence electrons. The number of aromatic hydroxyl groups is 2. The maximum atomic E-state index is 12.5. The summed E-state index contributed by atoms with van der Waals surface area (Å²) in [6.45, 7) is 0. The number of hydrogen-bond donors (Lipinski definition) is 2. The van der Waals surface area contributed by atoms with Gasteiger partial charge in [0.15, 0.2) is 23.2 Å². The van der Waals surface area contributed by atoms with E-state index >= 15 is 0 Å². The molecular formula is C21H12FNO5S. The molecule has 3 aromatic carbocycles. The van der Waals surface area contributed by atoms with Crippen molar-refractivity contribution in [2.45, 2.75) is 5.60 Å². The summed E-state index contributed by atoms with van der Waals surface area (Å²) in [5, 5.41) is 28.1. The molecule has 0 fully saturated rings. The van der Waals surface area contributed by atoms with Crippen molar-refractivity contribution in [3.8, 4) is 28.4 Å². The van der Waals surface area contributed by atoms with E-state index in [0.29, 0.717) is 33.8 Å². The smallest absolute Gasteiger partial charge is 0.340 e. The van der Waals surface area contributed by atoms with Gasteiger partial charge < -0.3 is 19.7 Å². The number of esters is 1. The fourth-order valence-electron chi connectivity index (χ4n) is 3.65. The van der Waals surface area contributed by atoms with Crippen molar-refractivity contribution in [3.63, 3.8) is 0 Å². The first-order valence-corrected chi connectivity index (χ1v) is 9.07. The van der Waals surface area contributed by atoms with E-state index in [-0.39, 0.29) is 23.6 Å². The molecule has 2 N–H and O–H groups in total. The maximum Gasteiger partial charge on any atom is 0.340 e. The summed E-state index contributed by atoms with van der Waals surface area (Å²) in [5.74, 6) is 0.408. The van der Waals surface area contributed by atoms with Crippen LogP contribution in [0.5, 0.6) is 23.0 Å². The fourth-order valence-corrected chi connectivity index (χ4v) is 3.65. The van der Waals surface area contributed by atoms with Crippen molar-refractivity contribution in [2.24, 2.45) is 0 Å². The summed E-state index contributed by atoms with van der Waals surface area (Å²) in [6, 6.07) is 16.6. The van der Waals surface area contributed by atoms with Crippen LogP contribution in [0.4, 0.5) is 3.89 Å². The molecule has 0 atom stereocenters. The summed E-state index contributed by atoms with van der Waals surface area (Å²) in [5.41, 5.74) is 1.28. The minimum absolute atomic E-state index is 0.0371. The molecule has 0 amide bonds. The highest BCUT2D eigenvalue weighted by molar-refractivity contribution is 7.98. The minimum Gasteiger partial charge on any atom is -0.508 e. The zero-order valence-electron chi connectivity index (χ0n) is 14.6. The van der Waals surface area contributed by atoms with Crippen LogP contribution in [0.3, 0.4) is 0 Å². The number of rotatable bonds is 0. The average Bonchev–Trinajstić information content (AvgIpc) is 3.01. The SMILES string of the molecule is N#CSF.O=C1OC2(c3ccc(O)cc3Oc3cc(O)ccc32)c2ccccc21. The van der Waals surface area contributed by atoms with E-state index in [1.807, 2.05) is 12.1 Å². The molecule has 8 heteroatoms. The molecular weight excluding hydrogens is 397 g/mol. The van der Waals surface area contributed by atoms with Crippen LogP contribution in [0.25, 0.3) is 0 Å². The number of nitrogens with zero attached hydrogens (tertiary/aromatic N) is 1. The monoisotopic (exact) mass is 409 g/mol. The van der Waals surface area contributed by atoms with Crippen LogP contribution in [0.15, 0.2) is 60.7 Å². The van der Waals surface area contributed by atoms with E-state index in [0.717, 1.165) is 0 Å². The predicted octanol–water partition coefficient (Wildman–Crippen LogP) is 4.75. The van der Waals surface area contributed by atoms with Gasteiger partial charge in [0.05, 0.1) is 5.56 Å². The van der Waals surface area contributed by atoms with Gasteiger partial charge in [-0.15, -0.1) is 3.89 Å². The Morgan fingerprint density at radius 2 is 1.48 bits per heavy atom. The first kappa shape index (κ1) is 18.7. The second-order valence-corrected chi connectivity index (χ2v) is 6.58. The van der Waals surface area contributed by atoms with Gasteiger partial charge in [0, 0.05) is 28.8 Å². The maximum absolute atomic E-state index is 12.5. The molecule has 2 heterocycles. The number of benzene rings is 3. The molecule has 0 unspecified atom stereocenters. The zero-order valence-corrected chi connectivity index (χ0v) is 15.4. The van der Waals surface area contributed by atoms with E-state index in [2.05, 4.69) is 0 Å². The molecule has 0 radical (unpaired) electrons. The van der Waals surface area contributed by atoms with E-state index in [1.54, 1.807) is 24.3 Å². The third-order valence-corrected chi connectivity index (χ3v) is 4.78. The summed E-state index contributed by atoms with van der Waals surface area (Å²) >= 11 is -0.338. The highest BCUT2D eigenvalue weighted by Gasteiger charge is 2.53. The number of phenolic OH excluding ortho intramolecular Hbond substituents is 2. The van der Waals surface area contributed by atoms with E-state index in [4.69, 9.17) is 14.7 Å². The van der Waals surface area contributed by atoms with Crippen molar-refractivity contribution in [1.29, 1.82) is 5.26 Å². The van der Waals surface area contributed by atoms with E-state index in [9.17, 15) is 18.9 Å². The average molecular weight is 409 g/mol. The Hall–Kier alpha value is -3.70. The Morgan fingerprint density at radius 1 is 0.931 bits per heavy atom. The van der Waals surface area contributed by atoms with Crippen molar-refractivity contribution in [1.82, 2.24) is 0 Å². The number of halogens is 1. The molecule has 0 saturated carbocycles. The van der Waals surface area contributed by atoms with Gasteiger partial charge in [-0.05, 0) is 30.3 Å². The van der Waals surface area contributed by atoms with E-state index in [1.165, 1.54) is 29.7 Å². The van der Waals surface area contributed by atoms with Crippen LogP contribution < -0.4 is 4.74 Å². The molecule has 3 aromatic rings. The van der Waals surface area contributed by atoms with Crippen molar-refractivity contribution < 1.29 is 28.4 Å². The lowest BCUT2D eigenvalue weighted by molar-refractivity contribution is 0.0224. The molecule has 1 spiro atoms. The summed E-state index contributed by atoms with van der Waals surface area (Å²) in [6.07, 6.45) is 0. The number of ether oxygens (including phenoxy) is 2. The third kappa shape index (κ3) is 2.83. The van der Waals surface area contributed by atoms with Gasteiger partial charge >= 0.3 is 5.97 Å². The summed E-state index contributed by atoms with van der Waals surface area (Å²) < 4.78 is 22.1. The number of carbonyl (C=O) groups is 1. The van der Waals surface area contributed by atoms with Gasteiger partial charge in [-0.1, -0.05) is 18.2 Å².